The van der Waals surface area contributed by atoms with Crippen LogP contribution in [0.1, 0.15) is 0 Å². The molecule has 0 radical (unpaired) electrons. The van der Waals surface area contributed by atoms with Gasteiger partial charge in [0, 0.05) is 20.2 Å². The first-order valence-corrected chi connectivity index (χ1v) is 4.55. The number of hydrogen-bond acceptors (Lipinski definition) is 4. The first kappa shape index (κ1) is 15.1. The SMILES string of the molecule is COC(CN)C(=O)NCCOCC(F)(F)F. The van der Waals surface area contributed by atoms with Crippen molar-refractivity contribution >= 4 is 5.91 Å². The van der Waals surface area contributed by atoms with Gasteiger partial charge >= 0.3 is 6.18 Å². The number of methoxy groups -OCH3 is 1. The quantitative estimate of drug-likeness (QED) is 0.601. The fourth-order valence-corrected chi connectivity index (χ4v) is 0.858. The van der Waals surface area contributed by atoms with Gasteiger partial charge in [0.1, 0.15) is 12.7 Å². The largest absolute Gasteiger partial charge is 0.411 e. The van der Waals surface area contributed by atoms with Crippen LogP contribution < -0.4 is 11.1 Å². The number of carbonyl (C=O) groups excluding carboxylic acids is 1. The van der Waals surface area contributed by atoms with Crippen LogP contribution in [0, 0.1) is 0 Å². The summed E-state index contributed by atoms with van der Waals surface area (Å²) in [7, 11) is 1.32. The van der Waals surface area contributed by atoms with Gasteiger partial charge in [0.2, 0.25) is 0 Å². The monoisotopic (exact) mass is 244 g/mol. The number of amides is 1. The minimum absolute atomic E-state index is 0.00570. The molecule has 0 saturated heterocycles. The molecule has 16 heavy (non-hydrogen) atoms. The summed E-state index contributed by atoms with van der Waals surface area (Å²) in [5, 5.41) is 2.33. The molecule has 0 aliphatic carbocycles. The van der Waals surface area contributed by atoms with E-state index in [1.54, 1.807) is 0 Å². The van der Waals surface area contributed by atoms with Gasteiger partial charge < -0.3 is 20.5 Å². The van der Waals surface area contributed by atoms with Gasteiger partial charge in [-0.1, -0.05) is 0 Å². The van der Waals surface area contributed by atoms with Crippen molar-refractivity contribution in [1.29, 1.82) is 0 Å². The van der Waals surface area contributed by atoms with Crippen molar-refractivity contribution in [3.63, 3.8) is 0 Å². The van der Waals surface area contributed by atoms with Crippen LogP contribution in [0.3, 0.4) is 0 Å². The molecule has 0 aliphatic rings. The van der Waals surface area contributed by atoms with Gasteiger partial charge in [0.05, 0.1) is 6.61 Å². The fraction of sp³-hybridized carbons (Fsp3) is 0.875. The van der Waals surface area contributed by atoms with Crippen LogP contribution in [0.5, 0.6) is 0 Å². The van der Waals surface area contributed by atoms with Crippen LogP contribution in [0.25, 0.3) is 0 Å². The third-order valence-corrected chi connectivity index (χ3v) is 1.60. The Morgan fingerprint density at radius 2 is 2.12 bits per heavy atom. The highest BCUT2D eigenvalue weighted by Crippen LogP contribution is 2.13. The lowest BCUT2D eigenvalue weighted by Gasteiger charge is -2.13. The molecule has 0 aliphatic heterocycles. The number of carbonyl (C=O) groups is 1. The zero-order valence-corrected chi connectivity index (χ0v) is 8.84. The van der Waals surface area contributed by atoms with Crippen molar-refractivity contribution in [3.8, 4) is 0 Å². The fourth-order valence-electron chi connectivity index (χ4n) is 0.858. The van der Waals surface area contributed by atoms with Gasteiger partial charge in [0.15, 0.2) is 0 Å². The second-order valence-electron chi connectivity index (χ2n) is 2.92. The van der Waals surface area contributed by atoms with E-state index in [4.69, 9.17) is 10.5 Å². The summed E-state index contributed by atoms with van der Waals surface area (Å²) in [6.07, 6.45) is -5.14. The van der Waals surface area contributed by atoms with Crippen LogP contribution in [-0.2, 0) is 14.3 Å². The highest BCUT2D eigenvalue weighted by atomic mass is 19.4. The maximum absolute atomic E-state index is 11.6. The maximum atomic E-state index is 11.6. The Bertz CT molecular complexity index is 207. The molecule has 0 spiro atoms. The second kappa shape index (κ2) is 7.42. The van der Waals surface area contributed by atoms with E-state index in [1.807, 2.05) is 0 Å². The summed E-state index contributed by atoms with van der Waals surface area (Å²) >= 11 is 0. The molecular formula is C8H15F3N2O3. The van der Waals surface area contributed by atoms with E-state index in [9.17, 15) is 18.0 Å². The lowest BCUT2D eigenvalue weighted by molar-refractivity contribution is -0.173. The molecule has 0 aromatic heterocycles. The Morgan fingerprint density at radius 1 is 1.50 bits per heavy atom. The van der Waals surface area contributed by atoms with Crippen molar-refractivity contribution in [1.82, 2.24) is 5.32 Å². The number of ether oxygens (including phenoxy) is 2. The molecule has 0 saturated carbocycles. The Labute approximate surface area is 91.1 Å². The minimum atomic E-state index is -4.35. The number of rotatable bonds is 7. The Kier molecular flexibility index (Phi) is 7.02. The van der Waals surface area contributed by atoms with Gasteiger partial charge in [-0.3, -0.25) is 4.79 Å². The first-order chi connectivity index (χ1) is 7.40. The average molecular weight is 244 g/mol. The molecule has 0 rings (SSSR count). The Balaban J connectivity index is 3.55. The van der Waals surface area contributed by atoms with Crippen LogP contribution >= 0.6 is 0 Å². The molecule has 8 heteroatoms. The van der Waals surface area contributed by atoms with E-state index in [1.165, 1.54) is 7.11 Å². The molecular weight excluding hydrogens is 229 g/mol. The second-order valence-corrected chi connectivity index (χ2v) is 2.92. The topological polar surface area (TPSA) is 73.6 Å². The summed E-state index contributed by atoms with van der Waals surface area (Å²) in [6, 6.07) is 0. The number of nitrogens with two attached hydrogens (primary N) is 1. The van der Waals surface area contributed by atoms with Crippen LogP contribution in [0.4, 0.5) is 13.2 Å². The van der Waals surface area contributed by atoms with E-state index in [0.717, 1.165) is 0 Å². The summed E-state index contributed by atoms with van der Waals surface area (Å²) in [5.74, 6) is -0.472. The van der Waals surface area contributed by atoms with Crippen molar-refractivity contribution in [2.24, 2.45) is 5.73 Å². The van der Waals surface area contributed by atoms with E-state index in [0.29, 0.717) is 0 Å². The third-order valence-electron chi connectivity index (χ3n) is 1.60. The average Bonchev–Trinajstić information content (AvgIpc) is 2.17. The Hall–Kier alpha value is -0.860. The predicted octanol–water partition coefficient (Wildman–Crippen LogP) is -0.345. The molecule has 0 aromatic rings. The molecule has 96 valence electrons. The lowest BCUT2D eigenvalue weighted by atomic mass is 10.3. The number of alkyl halides is 3. The molecule has 3 N–H and O–H groups in total. The number of halogens is 3. The van der Waals surface area contributed by atoms with Gasteiger partial charge in [-0.15, -0.1) is 0 Å². The molecule has 0 aromatic carbocycles. The summed E-state index contributed by atoms with van der Waals surface area (Å²) < 4.78 is 43.9. The van der Waals surface area contributed by atoms with Crippen LogP contribution in [-0.4, -0.2) is 51.6 Å². The van der Waals surface area contributed by atoms with E-state index in [2.05, 4.69) is 10.1 Å². The molecule has 0 heterocycles. The zero-order valence-electron chi connectivity index (χ0n) is 8.84. The van der Waals surface area contributed by atoms with Gasteiger partial charge in [-0.2, -0.15) is 13.2 Å². The standard InChI is InChI=1S/C8H15F3N2O3/c1-15-6(4-12)7(14)13-2-3-16-5-8(9,10)11/h6H,2-5,12H2,1H3,(H,13,14). The van der Waals surface area contributed by atoms with Crippen molar-refractivity contribution in [2.45, 2.75) is 12.3 Å². The van der Waals surface area contributed by atoms with Crippen molar-refractivity contribution < 1.29 is 27.4 Å². The summed E-state index contributed by atoms with van der Waals surface area (Å²) in [5.41, 5.74) is 5.21. The highest BCUT2D eigenvalue weighted by molar-refractivity contribution is 5.80. The molecule has 1 amide bonds. The van der Waals surface area contributed by atoms with Crippen molar-refractivity contribution in [2.75, 3.05) is 33.4 Å². The zero-order chi connectivity index (χ0) is 12.6. The molecule has 1 atom stereocenters. The summed E-state index contributed by atoms with van der Waals surface area (Å²) in [6.45, 7) is -1.56. The molecule has 0 fully saturated rings. The minimum Gasteiger partial charge on any atom is -0.370 e. The molecule has 1 unspecified atom stereocenters. The summed E-state index contributed by atoms with van der Waals surface area (Å²) in [4.78, 5) is 11.2. The van der Waals surface area contributed by atoms with E-state index in [-0.39, 0.29) is 19.7 Å². The normalized spacial score (nSPS) is 13.6. The van der Waals surface area contributed by atoms with Gasteiger partial charge in [0.25, 0.3) is 5.91 Å². The number of hydrogen-bond donors (Lipinski definition) is 2. The number of nitrogens with one attached hydrogen (secondary N) is 1. The smallest absolute Gasteiger partial charge is 0.370 e. The maximum Gasteiger partial charge on any atom is 0.411 e. The van der Waals surface area contributed by atoms with Gasteiger partial charge in [-0.05, 0) is 0 Å². The van der Waals surface area contributed by atoms with Crippen LogP contribution in [0.2, 0.25) is 0 Å². The Morgan fingerprint density at radius 3 is 2.56 bits per heavy atom. The predicted molar refractivity (Wildman–Crippen MR) is 49.7 cm³/mol. The van der Waals surface area contributed by atoms with Crippen LogP contribution in [0.15, 0.2) is 0 Å². The molecule has 0 bridgehead atoms. The van der Waals surface area contributed by atoms with E-state index < -0.39 is 24.8 Å². The first-order valence-electron chi connectivity index (χ1n) is 4.55. The van der Waals surface area contributed by atoms with Crippen molar-refractivity contribution in [3.05, 3.63) is 0 Å². The highest BCUT2D eigenvalue weighted by Gasteiger charge is 2.27. The third kappa shape index (κ3) is 7.43. The van der Waals surface area contributed by atoms with E-state index >= 15 is 0 Å². The van der Waals surface area contributed by atoms with Gasteiger partial charge in [-0.25, -0.2) is 0 Å². The lowest BCUT2D eigenvalue weighted by Crippen LogP contribution is -2.41. The molecule has 5 nitrogen and oxygen atoms in total.